The number of nitrogens with zero attached hydrogens (tertiary/aromatic N) is 1. The molecule has 0 unspecified atom stereocenters. The van der Waals surface area contributed by atoms with E-state index < -0.39 is 11.0 Å². The van der Waals surface area contributed by atoms with Gasteiger partial charge in [0.2, 0.25) is 5.91 Å². The second-order valence-electron chi connectivity index (χ2n) is 8.70. The van der Waals surface area contributed by atoms with Crippen molar-refractivity contribution in [1.29, 1.82) is 0 Å². The van der Waals surface area contributed by atoms with Gasteiger partial charge in [-0.05, 0) is 73.2 Å². The quantitative estimate of drug-likeness (QED) is 0.585. The molecule has 0 aromatic heterocycles. The Hall–Kier alpha value is -3.18. The summed E-state index contributed by atoms with van der Waals surface area (Å²) < 4.78 is 13.5. The third kappa shape index (κ3) is 3.12. The number of aromatic hydroxyl groups is 1. The van der Waals surface area contributed by atoms with Crippen LogP contribution in [0.15, 0.2) is 78.9 Å². The number of hydrogen-bond donors (Lipinski definition) is 2. The summed E-state index contributed by atoms with van der Waals surface area (Å²) in [6, 6.07) is 22.3. The molecule has 158 valence electrons. The van der Waals surface area contributed by atoms with E-state index in [2.05, 4.69) is 0 Å². The minimum absolute atomic E-state index is 0.00675. The lowest BCUT2D eigenvalue weighted by molar-refractivity contribution is -0.149. The number of carbonyl (C=O) groups is 1. The van der Waals surface area contributed by atoms with E-state index >= 15 is 0 Å². The number of phenols is 1. The van der Waals surface area contributed by atoms with Crippen molar-refractivity contribution in [1.82, 2.24) is 0 Å². The first-order chi connectivity index (χ1) is 14.9. The minimum atomic E-state index is -0.942. The Morgan fingerprint density at radius 2 is 1.45 bits per heavy atom. The molecule has 2 N–H and O–H groups in total. The Bertz CT molecular complexity index is 1090. The second kappa shape index (κ2) is 7.20. The molecule has 2 fully saturated rings. The van der Waals surface area contributed by atoms with Gasteiger partial charge in [0, 0.05) is 5.69 Å². The molecular formula is C26H24FNO3. The average molecular weight is 417 g/mol. The first-order valence-electron chi connectivity index (χ1n) is 10.6. The van der Waals surface area contributed by atoms with Crippen LogP contribution < -0.4 is 4.90 Å². The van der Waals surface area contributed by atoms with Crippen LogP contribution in [0, 0.1) is 11.2 Å². The van der Waals surface area contributed by atoms with Crippen LogP contribution in [-0.4, -0.2) is 16.1 Å². The molecule has 31 heavy (non-hydrogen) atoms. The van der Waals surface area contributed by atoms with Gasteiger partial charge in [-0.25, -0.2) is 4.39 Å². The lowest BCUT2D eigenvalue weighted by Crippen LogP contribution is -2.65. The lowest BCUT2D eigenvalue weighted by Gasteiger charge is -2.59. The van der Waals surface area contributed by atoms with E-state index in [-0.39, 0.29) is 23.5 Å². The number of β-lactam (4-membered cyclic amide) rings is 1. The largest absolute Gasteiger partial charge is 0.508 e. The molecule has 3 aromatic carbocycles. The van der Waals surface area contributed by atoms with Crippen molar-refractivity contribution in [3.63, 3.8) is 0 Å². The fraction of sp³-hybridized carbons (Fsp3) is 0.269. The zero-order valence-corrected chi connectivity index (χ0v) is 17.0. The van der Waals surface area contributed by atoms with Crippen LogP contribution >= 0.6 is 0 Å². The normalized spacial score (nSPS) is 27.9. The van der Waals surface area contributed by atoms with E-state index in [0.29, 0.717) is 31.4 Å². The molecule has 1 saturated heterocycles. The maximum Gasteiger partial charge on any atom is 0.236 e. The highest BCUT2D eigenvalue weighted by atomic mass is 19.1. The van der Waals surface area contributed by atoms with Gasteiger partial charge in [-0.15, -0.1) is 0 Å². The molecule has 5 heteroatoms. The summed E-state index contributed by atoms with van der Waals surface area (Å²) >= 11 is 0. The fourth-order valence-corrected chi connectivity index (χ4v) is 5.28. The summed E-state index contributed by atoms with van der Waals surface area (Å²) in [5.74, 6) is -0.176. The highest BCUT2D eigenvalue weighted by Gasteiger charge is 2.63. The highest BCUT2D eigenvalue weighted by Crippen LogP contribution is 2.61. The number of anilines is 1. The van der Waals surface area contributed by atoms with Gasteiger partial charge in [-0.3, -0.25) is 4.79 Å². The molecule has 0 radical (unpaired) electrons. The van der Waals surface area contributed by atoms with Gasteiger partial charge in [0.15, 0.2) is 0 Å². The number of hydrogen-bond acceptors (Lipinski definition) is 3. The van der Waals surface area contributed by atoms with Gasteiger partial charge < -0.3 is 15.1 Å². The van der Waals surface area contributed by atoms with Crippen molar-refractivity contribution in [2.75, 3.05) is 4.90 Å². The molecule has 1 amide bonds. The van der Waals surface area contributed by atoms with Gasteiger partial charge in [-0.1, -0.05) is 42.5 Å². The van der Waals surface area contributed by atoms with Crippen molar-refractivity contribution >= 4 is 11.6 Å². The molecule has 1 heterocycles. The highest BCUT2D eigenvalue weighted by molar-refractivity contribution is 6.06. The van der Waals surface area contributed by atoms with E-state index in [1.54, 1.807) is 29.2 Å². The zero-order chi connectivity index (χ0) is 21.6. The van der Waals surface area contributed by atoms with Crippen LogP contribution in [0.5, 0.6) is 5.75 Å². The predicted molar refractivity (Wildman–Crippen MR) is 116 cm³/mol. The Morgan fingerprint density at radius 1 is 0.839 bits per heavy atom. The zero-order valence-electron chi connectivity index (χ0n) is 17.0. The first kappa shape index (κ1) is 19.8. The number of aliphatic hydroxyl groups is 1. The molecule has 4 nitrogen and oxygen atoms in total. The SMILES string of the molecule is O=C1N(c2ccc(F)cc2)[C@H](c2ccc(O)cc2)C12CCC(O)(c1ccccc1)CC2. The predicted octanol–water partition coefficient (Wildman–Crippen LogP) is 5.07. The van der Waals surface area contributed by atoms with Crippen molar-refractivity contribution in [2.24, 2.45) is 5.41 Å². The van der Waals surface area contributed by atoms with Crippen LogP contribution in [0.25, 0.3) is 0 Å². The van der Waals surface area contributed by atoms with E-state index in [9.17, 15) is 19.4 Å². The van der Waals surface area contributed by atoms with Crippen LogP contribution in [0.4, 0.5) is 10.1 Å². The van der Waals surface area contributed by atoms with Gasteiger partial charge in [0.05, 0.1) is 17.1 Å². The first-order valence-corrected chi connectivity index (χ1v) is 10.6. The third-order valence-corrected chi connectivity index (χ3v) is 7.02. The van der Waals surface area contributed by atoms with Crippen molar-refractivity contribution < 1.29 is 19.4 Å². The average Bonchev–Trinajstić information content (AvgIpc) is 2.80. The van der Waals surface area contributed by atoms with E-state index in [1.807, 2.05) is 42.5 Å². The van der Waals surface area contributed by atoms with E-state index in [0.717, 1.165) is 11.1 Å². The fourth-order valence-electron chi connectivity index (χ4n) is 5.28. The smallest absolute Gasteiger partial charge is 0.236 e. The summed E-state index contributed by atoms with van der Waals surface area (Å²) in [4.78, 5) is 15.2. The molecule has 1 saturated carbocycles. The molecular weight excluding hydrogens is 393 g/mol. The molecule has 1 aliphatic heterocycles. The number of amides is 1. The molecule has 1 spiro atoms. The third-order valence-electron chi connectivity index (χ3n) is 7.02. The summed E-state index contributed by atoms with van der Waals surface area (Å²) in [5, 5.41) is 21.0. The number of carbonyl (C=O) groups excluding carboxylic acids is 1. The Labute approximate surface area is 180 Å². The minimum Gasteiger partial charge on any atom is -0.508 e. The summed E-state index contributed by atoms with van der Waals surface area (Å²) in [6.07, 6.45) is 2.10. The maximum absolute atomic E-state index is 13.5. The lowest BCUT2D eigenvalue weighted by atomic mass is 9.56. The van der Waals surface area contributed by atoms with Gasteiger partial charge in [-0.2, -0.15) is 0 Å². The van der Waals surface area contributed by atoms with Gasteiger partial charge in [0.1, 0.15) is 11.6 Å². The molecule has 0 bridgehead atoms. The maximum atomic E-state index is 13.5. The van der Waals surface area contributed by atoms with Crippen LogP contribution in [-0.2, 0) is 10.4 Å². The molecule has 1 atom stereocenters. The summed E-state index contributed by atoms with van der Waals surface area (Å²) in [6.45, 7) is 0. The van der Waals surface area contributed by atoms with Crippen molar-refractivity contribution in [3.05, 3.63) is 95.8 Å². The van der Waals surface area contributed by atoms with E-state index in [4.69, 9.17) is 0 Å². The monoisotopic (exact) mass is 417 g/mol. The number of benzene rings is 3. The Balaban J connectivity index is 1.50. The van der Waals surface area contributed by atoms with Crippen molar-refractivity contribution in [3.8, 4) is 5.75 Å². The topological polar surface area (TPSA) is 60.8 Å². The number of rotatable bonds is 3. The summed E-state index contributed by atoms with van der Waals surface area (Å²) in [5.41, 5.74) is 0.897. The van der Waals surface area contributed by atoms with Crippen LogP contribution in [0.2, 0.25) is 0 Å². The van der Waals surface area contributed by atoms with Gasteiger partial charge >= 0.3 is 0 Å². The second-order valence-corrected chi connectivity index (χ2v) is 8.70. The van der Waals surface area contributed by atoms with Crippen LogP contribution in [0.3, 0.4) is 0 Å². The standard InChI is InChI=1S/C26H24FNO3/c27-20-8-10-21(11-9-20)28-23(18-6-12-22(29)13-7-18)25(24(28)30)14-16-26(31,17-15-25)19-4-2-1-3-5-19/h1-13,23,29,31H,14-17H2/t23-,25?,26?/m1/s1. The number of phenolic OH excluding ortho intramolecular Hbond substituents is 1. The van der Waals surface area contributed by atoms with Crippen molar-refractivity contribution in [2.45, 2.75) is 37.3 Å². The molecule has 3 aromatic rings. The molecule has 2 aliphatic rings. The Morgan fingerprint density at radius 3 is 2.06 bits per heavy atom. The van der Waals surface area contributed by atoms with Gasteiger partial charge in [0.25, 0.3) is 0 Å². The van der Waals surface area contributed by atoms with E-state index in [1.165, 1.54) is 12.1 Å². The Kier molecular flexibility index (Phi) is 4.59. The molecule has 1 aliphatic carbocycles. The molecule has 5 rings (SSSR count). The number of halogens is 1. The van der Waals surface area contributed by atoms with Crippen LogP contribution in [0.1, 0.15) is 42.9 Å². The summed E-state index contributed by atoms with van der Waals surface area (Å²) in [7, 11) is 0.